The number of carbonyl (C=O) groups excluding carboxylic acids is 1. The standard InChI is InChI=1S/C18H22N4O3S/c23-18(13-10-21-5-3-12(13)4-6-21)22-7-8-24-14(11-22)17-19-16(20-25-17)15-2-1-9-26-15/h1-2,9,12-14H,3-8,10-11H2. The number of carbonyl (C=O) groups is 1. The van der Waals surface area contributed by atoms with E-state index in [0.717, 1.165) is 37.4 Å². The van der Waals surface area contributed by atoms with E-state index in [1.165, 1.54) is 0 Å². The second-order valence-corrected chi connectivity index (χ2v) is 8.27. The van der Waals surface area contributed by atoms with E-state index >= 15 is 0 Å². The van der Waals surface area contributed by atoms with Crippen LogP contribution in [0, 0.1) is 11.8 Å². The molecule has 4 aliphatic heterocycles. The lowest BCUT2D eigenvalue weighted by Gasteiger charge is -2.46. The molecule has 7 nitrogen and oxygen atoms in total. The van der Waals surface area contributed by atoms with Gasteiger partial charge in [0, 0.05) is 13.1 Å². The number of ether oxygens (including phenoxy) is 1. The van der Waals surface area contributed by atoms with Crippen LogP contribution in [-0.4, -0.2) is 65.2 Å². The first-order valence-electron chi connectivity index (χ1n) is 9.28. The molecule has 138 valence electrons. The van der Waals surface area contributed by atoms with E-state index in [1.807, 2.05) is 22.4 Å². The zero-order valence-corrected chi connectivity index (χ0v) is 15.4. The number of hydrogen-bond acceptors (Lipinski definition) is 7. The fourth-order valence-electron chi connectivity index (χ4n) is 4.35. The third-order valence-corrected chi connectivity index (χ3v) is 6.68. The molecule has 0 aromatic carbocycles. The van der Waals surface area contributed by atoms with Gasteiger partial charge in [-0.25, -0.2) is 0 Å². The molecule has 0 saturated carbocycles. The average Bonchev–Trinajstić information content (AvgIpc) is 3.40. The van der Waals surface area contributed by atoms with Crippen molar-refractivity contribution in [3.8, 4) is 10.7 Å². The summed E-state index contributed by atoms with van der Waals surface area (Å²) in [5.41, 5.74) is 0. The second-order valence-electron chi connectivity index (χ2n) is 7.32. The predicted octanol–water partition coefficient (Wildman–Crippen LogP) is 2.04. The Labute approximate surface area is 155 Å². The Bertz CT molecular complexity index is 769. The van der Waals surface area contributed by atoms with Gasteiger partial charge in [-0.1, -0.05) is 11.2 Å². The van der Waals surface area contributed by atoms with E-state index in [-0.39, 0.29) is 17.9 Å². The molecule has 26 heavy (non-hydrogen) atoms. The van der Waals surface area contributed by atoms with Crippen molar-refractivity contribution in [2.45, 2.75) is 18.9 Å². The molecule has 2 unspecified atom stereocenters. The predicted molar refractivity (Wildman–Crippen MR) is 95.5 cm³/mol. The van der Waals surface area contributed by atoms with Crippen molar-refractivity contribution in [3.63, 3.8) is 0 Å². The molecule has 2 bridgehead atoms. The number of aromatic nitrogens is 2. The Morgan fingerprint density at radius 3 is 2.85 bits per heavy atom. The van der Waals surface area contributed by atoms with Crippen molar-refractivity contribution >= 4 is 17.2 Å². The smallest absolute Gasteiger partial charge is 0.257 e. The van der Waals surface area contributed by atoms with Crippen molar-refractivity contribution < 1.29 is 14.1 Å². The van der Waals surface area contributed by atoms with E-state index in [0.29, 0.717) is 37.3 Å². The van der Waals surface area contributed by atoms with Gasteiger partial charge in [0.1, 0.15) is 0 Å². The highest BCUT2D eigenvalue weighted by atomic mass is 32.1. The maximum atomic E-state index is 13.1. The molecule has 0 aliphatic carbocycles. The molecule has 4 aliphatic rings. The minimum Gasteiger partial charge on any atom is -0.365 e. The minimum absolute atomic E-state index is 0.139. The summed E-state index contributed by atoms with van der Waals surface area (Å²) in [6.07, 6.45) is 1.96. The van der Waals surface area contributed by atoms with Crippen LogP contribution in [0.5, 0.6) is 0 Å². The molecule has 6 rings (SSSR count). The monoisotopic (exact) mass is 374 g/mol. The Morgan fingerprint density at radius 1 is 1.23 bits per heavy atom. The van der Waals surface area contributed by atoms with Crippen LogP contribution in [0.25, 0.3) is 10.7 Å². The van der Waals surface area contributed by atoms with Crippen LogP contribution in [0.4, 0.5) is 0 Å². The SMILES string of the molecule is O=C(C1CN2CCC1CC2)N1CCOC(c2nc(-c3cccs3)no2)C1. The largest absolute Gasteiger partial charge is 0.365 e. The highest BCUT2D eigenvalue weighted by Gasteiger charge is 2.41. The third kappa shape index (κ3) is 2.95. The number of morpholine rings is 1. The Kier molecular flexibility index (Phi) is 4.26. The Morgan fingerprint density at radius 2 is 2.12 bits per heavy atom. The van der Waals surface area contributed by atoms with Gasteiger partial charge in [-0.3, -0.25) is 4.79 Å². The van der Waals surface area contributed by atoms with Crippen LogP contribution in [-0.2, 0) is 9.53 Å². The number of fused-ring (bicyclic) bond motifs is 3. The first-order valence-corrected chi connectivity index (χ1v) is 10.2. The molecule has 1 amide bonds. The van der Waals surface area contributed by atoms with Gasteiger partial charge in [0.05, 0.1) is 23.9 Å². The summed E-state index contributed by atoms with van der Waals surface area (Å²) in [5.74, 6) is 1.99. The third-order valence-electron chi connectivity index (χ3n) is 5.81. The molecule has 0 radical (unpaired) electrons. The van der Waals surface area contributed by atoms with E-state index in [1.54, 1.807) is 11.3 Å². The Balaban J connectivity index is 1.28. The first kappa shape index (κ1) is 16.4. The normalized spacial score (nSPS) is 31.3. The van der Waals surface area contributed by atoms with Gasteiger partial charge in [0.2, 0.25) is 11.7 Å². The Hall–Kier alpha value is -1.77. The molecule has 0 spiro atoms. The lowest BCUT2D eigenvalue weighted by molar-refractivity contribution is -0.150. The molecule has 2 aromatic heterocycles. The molecular formula is C18H22N4O3S. The summed E-state index contributed by atoms with van der Waals surface area (Å²) in [6, 6.07) is 3.92. The van der Waals surface area contributed by atoms with Crippen molar-refractivity contribution in [1.29, 1.82) is 0 Å². The molecule has 8 heteroatoms. The van der Waals surface area contributed by atoms with Crippen molar-refractivity contribution in [2.75, 3.05) is 39.3 Å². The van der Waals surface area contributed by atoms with Crippen LogP contribution in [0.1, 0.15) is 24.8 Å². The molecule has 0 N–H and O–H groups in total. The van der Waals surface area contributed by atoms with Gasteiger partial charge in [0.15, 0.2) is 6.10 Å². The van der Waals surface area contributed by atoms with E-state index in [4.69, 9.17) is 9.26 Å². The van der Waals surface area contributed by atoms with Crippen LogP contribution in [0.3, 0.4) is 0 Å². The van der Waals surface area contributed by atoms with E-state index in [2.05, 4.69) is 15.0 Å². The van der Waals surface area contributed by atoms with Crippen LogP contribution in [0.2, 0.25) is 0 Å². The number of rotatable bonds is 3. The number of piperidine rings is 3. The highest BCUT2D eigenvalue weighted by molar-refractivity contribution is 7.13. The van der Waals surface area contributed by atoms with Crippen molar-refractivity contribution in [2.24, 2.45) is 11.8 Å². The highest BCUT2D eigenvalue weighted by Crippen LogP contribution is 2.34. The van der Waals surface area contributed by atoms with Gasteiger partial charge in [-0.2, -0.15) is 4.98 Å². The van der Waals surface area contributed by atoms with Crippen LogP contribution < -0.4 is 0 Å². The second kappa shape index (κ2) is 6.75. The number of amides is 1. The lowest BCUT2D eigenvalue weighted by atomic mass is 9.78. The summed E-state index contributed by atoms with van der Waals surface area (Å²) in [4.78, 5) is 22.9. The van der Waals surface area contributed by atoms with Gasteiger partial charge in [-0.15, -0.1) is 11.3 Å². The lowest BCUT2D eigenvalue weighted by Crippen LogP contribution is -2.55. The zero-order chi connectivity index (χ0) is 17.5. The fourth-order valence-corrected chi connectivity index (χ4v) is 5.00. The number of hydrogen-bond donors (Lipinski definition) is 0. The summed E-state index contributed by atoms with van der Waals surface area (Å²) in [6.45, 7) is 4.85. The quantitative estimate of drug-likeness (QED) is 0.819. The summed E-state index contributed by atoms with van der Waals surface area (Å²) < 4.78 is 11.3. The zero-order valence-electron chi connectivity index (χ0n) is 14.5. The van der Waals surface area contributed by atoms with Crippen LogP contribution in [0.15, 0.2) is 22.0 Å². The van der Waals surface area contributed by atoms with Gasteiger partial charge in [0.25, 0.3) is 5.89 Å². The van der Waals surface area contributed by atoms with Gasteiger partial charge in [-0.05, 0) is 43.3 Å². The molecule has 4 saturated heterocycles. The average molecular weight is 374 g/mol. The first-order chi connectivity index (χ1) is 12.8. The topological polar surface area (TPSA) is 71.7 Å². The molecule has 6 heterocycles. The number of nitrogens with zero attached hydrogens (tertiary/aromatic N) is 4. The number of thiophene rings is 1. The summed E-state index contributed by atoms with van der Waals surface area (Å²) >= 11 is 1.57. The fraction of sp³-hybridized carbons (Fsp3) is 0.611. The minimum atomic E-state index is -0.338. The molecule has 2 aromatic rings. The van der Waals surface area contributed by atoms with Crippen LogP contribution >= 0.6 is 11.3 Å². The van der Waals surface area contributed by atoms with E-state index < -0.39 is 0 Å². The van der Waals surface area contributed by atoms with Crippen molar-refractivity contribution in [1.82, 2.24) is 19.9 Å². The summed E-state index contributed by atoms with van der Waals surface area (Å²) in [5, 5.41) is 6.04. The van der Waals surface area contributed by atoms with Gasteiger partial charge >= 0.3 is 0 Å². The maximum Gasteiger partial charge on any atom is 0.257 e. The molecule has 2 atom stereocenters. The van der Waals surface area contributed by atoms with E-state index in [9.17, 15) is 4.79 Å². The molecular weight excluding hydrogens is 352 g/mol. The summed E-state index contributed by atoms with van der Waals surface area (Å²) in [7, 11) is 0. The maximum absolute atomic E-state index is 13.1. The van der Waals surface area contributed by atoms with Gasteiger partial charge < -0.3 is 19.1 Å². The molecule has 4 fully saturated rings. The van der Waals surface area contributed by atoms with Crippen molar-refractivity contribution in [3.05, 3.63) is 23.4 Å².